The van der Waals surface area contributed by atoms with Crippen molar-refractivity contribution in [3.63, 3.8) is 0 Å². The number of hydrogen-bond donors (Lipinski definition) is 1. The zero-order valence-electron chi connectivity index (χ0n) is 18.9. The number of nitrogens with one attached hydrogen (secondary N) is 1. The lowest BCUT2D eigenvalue weighted by Crippen LogP contribution is -2.35. The molecule has 34 heavy (non-hydrogen) atoms. The van der Waals surface area contributed by atoms with Crippen LogP contribution in [0.3, 0.4) is 0 Å². The maximum absolute atomic E-state index is 12.9. The molecule has 1 aromatic heterocycles. The number of carbonyl (C=O) groups excluding carboxylic acids is 3. The Morgan fingerprint density at radius 1 is 1.12 bits per heavy atom. The molecule has 8 heteroatoms. The summed E-state index contributed by atoms with van der Waals surface area (Å²) in [6, 6.07) is 15.6. The number of nitrogens with zero attached hydrogens (tertiary/aromatic N) is 1. The molecule has 174 valence electrons. The number of aryl methyl sites for hydroxylation is 1. The first-order chi connectivity index (χ1) is 16.3. The third kappa shape index (κ3) is 4.75. The van der Waals surface area contributed by atoms with Crippen molar-refractivity contribution in [3.8, 4) is 11.3 Å². The third-order valence-electron chi connectivity index (χ3n) is 5.22. The number of furan rings is 1. The Bertz CT molecular complexity index is 1290. The normalized spacial score (nSPS) is 14.7. The first kappa shape index (κ1) is 23.3. The summed E-state index contributed by atoms with van der Waals surface area (Å²) in [5.41, 5.74) is 5.05. The molecule has 0 aliphatic carbocycles. The first-order valence-corrected chi connectivity index (χ1v) is 11.2. The Labute approximate surface area is 201 Å². The van der Waals surface area contributed by atoms with Crippen molar-refractivity contribution in [2.45, 2.75) is 33.3 Å². The molecule has 1 N–H and O–H groups in total. The van der Waals surface area contributed by atoms with Crippen molar-refractivity contribution in [2.24, 2.45) is 0 Å². The summed E-state index contributed by atoms with van der Waals surface area (Å²) in [5.74, 6) is -0.765. The summed E-state index contributed by atoms with van der Waals surface area (Å²) in [7, 11) is 0. The Balaban J connectivity index is 1.57. The quantitative estimate of drug-likeness (QED) is 0.299. The second-order valence-corrected chi connectivity index (χ2v) is 8.42. The van der Waals surface area contributed by atoms with Crippen LogP contribution in [0.1, 0.15) is 42.5 Å². The summed E-state index contributed by atoms with van der Waals surface area (Å²) < 4.78 is 11.1. The minimum absolute atomic E-state index is 0.0437. The van der Waals surface area contributed by atoms with E-state index in [9.17, 15) is 14.4 Å². The number of hydrazine groups is 1. The number of halogens is 1. The molecule has 2 amide bonds. The average Bonchev–Trinajstić information content (AvgIpc) is 3.39. The van der Waals surface area contributed by atoms with Crippen molar-refractivity contribution in [3.05, 3.63) is 82.1 Å². The van der Waals surface area contributed by atoms with Crippen LogP contribution >= 0.6 is 11.6 Å². The largest absolute Gasteiger partial charge is 0.459 e. The van der Waals surface area contributed by atoms with Crippen molar-refractivity contribution in [1.82, 2.24) is 5.43 Å². The zero-order valence-corrected chi connectivity index (χ0v) is 19.7. The summed E-state index contributed by atoms with van der Waals surface area (Å²) in [5, 5.41) is 1.48. The van der Waals surface area contributed by atoms with E-state index in [1.54, 1.807) is 56.3 Å². The van der Waals surface area contributed by atoms with Gasteiger partial charge >= 0.3 is 5.97 Å². The molecule has 1 fully saturated rings. The van der Waals surface area contributed by atoms with Gasteiger partial charge in [0.15, 0.2) is 0 Å². The van der Waals surface area contributed by atoms with Crippen LogP contribution in [-0.4, -0.2) is 23.9 Å². The SMILES string of the molecule is CCc1ccc(N2NC(=O)C(=Cc3ccc(-c4ccc(Cl)c(C(=O)OC(C)C)c4)o3)C2=O)cc1. The number of ether oxygens (including phenoxy) is 1. The van der Waals surface area contributed by atoms with E-state index < -0.39 is 17.8 Å². The molecule has 0 spiro atoms. The van der Waals surface area contributed by atoms with Gasteiger partial charge in [-0.3, -0.25) is 15.0 Å². The van der Waals surface area contributed by atoms with Gasteiger partial charge in [-0.15, -0.1) is 0 Å². The smallest absolute Gasteiger partial charge is 0.339 e. The predicted octanol–water partition coefficient (Wildman–Crippen LogP) is 5.19. The Morgan fingerprint density at radius 2 is 1.85 bits per heavy atom. The van der Waals surface area contributed by atoms with Crippen LogP contribution in [0.5, 0.6) is 0 Å². The van der Waals surface area contributed by atoms with Gasteiger partial charge in [0.05, 0.1) is 22.4 Å². The van der Waals surface area contributed by atoms with Gasteiger partial charge in [0, 0.05) is 5.56 Å². The monoisotopic (exact) mass is 478 g/mol. The van der Waals surface area contributed by atoms with Crippen LogP contribution in [-0.2, 0) is 20.7 Å². The fourth-order valence-corrected chi connectivity index (χ4v) is 3.65. The van der Waals surface area contributed by atoms with Crippen LogP contribution in [0.15, 0.2) is 64.6 Å². The number of esters is 1. The van der Waals surface area contributed by atoms with Crippen LogP contribution in [0, 0.1) is 0 Å². The maximum Gasteiger partial charge on any atom is 0.339 e. The van der Waals surface area contributed by atoms with Crippen molar-refractivity contribution in [1.29, 1.82) is 0 Å². The highest BCUT2D eigenvalue weighted by molar-refractivity contribution is 6.33. The number of amides is 2. The van der Waals surface area contributed by atoms with Gasteiger partial charge in [-0.1, -0.05) is 30.7 Å². The number of hydrogen-bond acceptors (Lipinski definition) is 5. The first-order valence-electron chi connectivity index (χ1n) is 10.8. The molecule has 0 bridgehead atoms. The molecule has 7 nitrogen and oxygen atoms in total. The van der Waals surface area contributed by atoms with Gasteiger partial charge in [-0.05, 0) is 74.4 Å². The van der Waals surface area contributed by atoms with Gasteiger partial charge in [-0.25, -0.2) is 9.80 Å². The lowest BCUT2D eigenvalue weighted by Gasteiger charge is -2.14. The maximum atomic E-state index is 12.9. The summed E-state index contributed by atoms with van der Waals surface area (Å²) in [4.78, 5) is 37.6. The van der Waals surface area contributed by atoms with Gasteiger partial charge in [-0.2, -0.15) is 0 Å². The van der Waals surface area contributed by atoms with Gasteiger partial charge < -0.3 is 9.15 Å². The zero-order chi connectivity index (χ0) is 24.4. The standard InChI is InChI=1S/C26H23ClN2O5/c1-4-16-5-8-18(9-6-16)29-25(31)21(24(30)28-29)14-19-10-12-23(34-19)17-7-11-22(27)20(13-17)26(32)33-15(2)3/h5-15H,4H2,1-3H3,(H,28,30). The molecule has 3 aromatic rings. The lowest BCUT2D eigenvalue weighted by molar-refractivity contribution is -0.117. The fraction of sp³-hybridized carbons (Fsp3) is 0.192. The highest BCUT2D eigenvalue weighted by Crippen LogP contribution is 2.29. The van der Waals surface area contributed by atoms with Crippen LogP contribution in [0.2, 0.25) is 5.02 Å². The number of rotatable bonds is 6. The molecule has 2 heterocycles. The van der Waals surface area contributed by atoms with E-state index in [0.29, 0.717) is 22.8 Å². The minimum Gasteiger partial charge on any atom is -0.459 e. The van der Waals surface area contributed by atoms with E-state index in [4.69, 9.17) is 20.8 Å². The van der Waals surface area contributed by atoms with Crippen molar-refractivity contribution >= 4 is 41.1 Å². The molecule has 0 saturated carbocycles. The third-order valence-corrected chi connectivity index (χ3v) is 5.55. The summed E-state index contributed by atoms with van der Waals surface area (Å²) in [6.07, 6.45) is 1.99. The summed E-state index contributed by atoms with van der Waals surface area (Å²) >= 11 is 6.17. The van der Waals surface area contributed by atoms with Crippen LogP contribution in [0.25, 0.3) is 17.4 Å². The number of benzene rings is 2. The molecular weight excluding hydrogens is 456 g/mol. The molecule has 1 aliphatic rings. The molecule has 0 unspecified atom stereocenters. The topological polar surface area (TPSA) is 88.8 Å². The fourth-order valence-electron chi connectivity index (χ4n) is 3.46. The molecule has 0 atom stereocenters. The second kappa shape index (κ2) is 9.57. The summed E-state index contributed by atoms with van der Waals surface area (Å²) in [6.45, 7) is 5.55. The van der Waals surface area contributed by atoms with E-state index in [2.05, 4.69) is 5.43 Å². The molecular formula is C26H23ClN2O5. The van der Waals surface area contributed by atoms with E-state index in [1.807, 2.05) is 19.1 Å². The highest BCUT2D eigenvalue weighted by atomic mass is 35.5. The molecule has 1 aliphatic heterocycles. The lowest BCUT2D eigenvalue weighted by atomic mass is 10.1. The molecule has 0 radical (unpaired) electrons. The molecule has 2 aromatic carbocycles. The number of carbonyl (C=O) groups is 3. The van der Waals surface area contributed by atoms with E-state index in [1.165, 1.54) is 11.1 Å². The van der Waals surface area contributed by atoms with E-state index in [-0.39, 0.29) is 22.3 Å². The Hall–Kier alpha value is -3.84. The van der Waals surface area contributed by atoms with E-state index >= 15 is 0 Å². The van der Waals surface area contributed by atoms with Crippen LogP contribution in [0.4, 0.5) is 5.69 Å². The number of anilines is 1. The Morgan fingerprint density at radius 3 is 2.53 bits per heavy atom. The average molecular weight is 479 g/mol. The van der Waals surface area contributed by atoms with Gasteiger partial charge in [0.2, 0.25) is 0 Å². The predicted molar refractivity (Wildman–Crippen MR) is 129 cm³/mol. The Kier molecular flexibility index (Phi) is 6.56. The van der Waals surface area contributed by atoms with Crippen LogP contribution < -0.4 is 10.4 Å². The highest BCUT2D eigenvalue weighted by Gasteiger charge is 2.34. The van der Waals surface area contributed by atoms with Gasteiger partial charge in [0.25, 0.3) is 11.8 Å². The second-order valence-electron chi connectivity index (χ2n) is 8.01. The molecule has 4 rings (SSSR count). The minimum atomic E-state index is -0.531. The van der Waals surface area contributed by atoms with Crippen molar-refractivity contribution < 1.29 is 23.5 Å². The molecule has 1 saturated heterocycles. The van der Waals surface area contributed by atoms with E-state index in [0.717, 1.165) is 12.0 Å². The van der Waals surface area contributed by atoms with Gasteiger partial charge in [0.1, 0.15) is 17.1 Å². The van der Waals surface area contributed by atoms with Crippen molar-refractivity contribution in [2.75, 3.05) is 5.01 Å².